The molecule has 0 N–H and O–H groups in total. The molecule has 12 heavy (non-hydrogen) atoms. The molecule has 0 radical (unpaired) electrons. The summed E-state index contributed by atoms with van der Waals surface area (Å²) in [6.07, 6.45) is 0. The molecular weight excluding hydrogens is 355 g/mol. The molecule has 0 aromatic heterocycles. The molecule has 0 aliphatic heterocycles. The van der Waals surface area contributed by atoms with Gasteiger partial charge >= 0.3 is 39.9 Å². The zero-order chi connectivity index (χ0) is 7.15. The van der Waals surface area contributed by atoms with Gasteiger partial charge in [-0.05, 0) is 13.8 Å². The third kappa shape index (κ3) is 1600. The summed E-state index contributed by atoms with van der Waals surface area (Å²) in [5.74, 6) is -2.17. The SMILES string of the molecule is CC(=O)[O-].CC(=O)[O-].[Cl-].[Cl-].[Pd+2].[Zn+2]. The van der Waals surface area contributed by atoms with E-state index in [0.29, 0.717) is 0 Å². The number of halogens is 2. The molecule has 0 atom stereocenters. The smallest absolute Gasteiger partial charge is 1.00 e. The summed E-state index contributed by atoms with van der Waals surface area (Å²) in [5, 5.41) is 17.8. The van der Waals surface area contributed by atoms with Crippen molar-refractivity contribution in [3.63, 3.8) is 0 Å². The Hall–Kier alpha value is 0.806. The molecule has 72 valence electrons. The quantitative estimate of drug-likeness (QED) is 0.402. The molecule has 0 fully saturated rings. The summed E-state index contributed by atoms with van der Waals surface area (Å²) in [5.41, 5.74) is 0. The third-order valence-electron chi connectivity index (χ3n) is 0. The molecule has 0 saturated carbocycles. The average molecular weight is 361 g/mol. The van der Waals surface area contributed by atoms with Crippen molar-refractivity contribution in [1.29, 1.82) is 0 Å². The summed E-state index contributed by atoms with van der Waals surface area (Å²) in [7, 11) is 0. The Bertz CT molecular complexity index is 83.1. The Morgan fingerprint density at radius 1 is 0.917 bits per heavy atom. The van der Waals surface area contributed by atoms with Crippen LogP contribution in [-0.2, 0) is 49.5 Å². The van der Waals surface area contributed by atoms with Crippen LogP contribution in [0.2, 0.25) is 0 Å². The van der Waals surface area contributed by atoms with E-state index in [1.54, 1.807) is 0 Å². The first kappa shape index (κ1) is 38.5. The second kappa shape index (κ2) is 29.8. The van der Waals surface area contributed by atoms with Gasteiger partial charge in [0.05, 0.1) is 0 Å². The molecular formula is C4H6Cl2O4PdZn. The van der Waals surface area contributed by atoms with Crippen LogP contribution < -0.4 is 35.0 Å². The molecule has 8 heteroatoms. The van der Waals surface area contributed by atoms with Gasteiger partial charge in [-0.25, -0.2) is 0 Å². The molecule has 0 aromatic carbocycles. The number of hydrogen-bond acceptors (Lipinski definition) is 4. The van der Waals surface area contributed by atoms with E-state index in [1.807, 2.05) is 0 Å². The van der Waals surface area contributed by atoms with Crippen molar-refractivity contribution in [3.8, 4) is 0 Å². The number of rotatable bonds is 0. The number of aliphatic carboxylic acids is 2. The minimum atomic E-state index is -1.08. The Morgan fingerprint density at radius 2 is 0.917 bits per heavy atom. The number of carbonyl (C=O) groups is 2. The van der Waals surface area contributed by atoms with E-state index in [1.165, 1.54) is 0 Å². The van der Waals surface area contributed by atoms with Crippen molar-refractivity contribution in [1.82, 2.24) is 0 Å². The maximum atomic E-state index is 8.89. The predicted molar refractivity (Wildman–Crippen MR) is 21.4 cm³/mol. The van der Waals surface area contributed by atoms with Gasteiger partial charge in [0, 0.05) is 11.9 Å². The van der Waals surface area contributed by atoms with Gasteiger partial charge in [0.15, 0.2) is 0 Å². The van der Waals surface area contributed by atoms with Crippen LogP contribution >= 0.6 is 0 Å². The van der Waals surface area contributed by atoms with Crippen molar-refractivity contribution >= 4 is 11.9 Å². The average Bonchev–Trinajstić information content (AvgIpc) is 1.25. The van der Waals surface area contributed by atoms with Crippen molar-refractivity contribution in [2.24, 2.45) is 0 Å². The van der Waals surface area contributed by atoms with Crippen LogP contribution in [-0.4, -0.2) is 11.9 Å². The van der Waals surface area contributed by atoms with E-state index in [0.717, 1.165) is 13.8 Å². The van der Waals surface area contributed by atoms with Gasteiger partial charge in [-0.15, -0.1) is 0 Å². The molecule has 4 nitrogen and oxygen atoms in total. The fraction of sp³-hybridized carbons (Fsp3) is 0.500. The second-order valence-electron chi connectivity index (χ2n) is 0.983. The van der Waals surface area contributed by atoms with Crippen molar-refractivity contribution in [3.05, 3.63) is 0 Å². The van der Waals surface area contributed by atoms with Crippen molar-refractivity contribution < 1.29 is 84.5 Å². The number of carboxylic acid groups (broad SMARTS) is 2. The van der Waals surface area contributed by atoms with Gasteiger partial charge in [0.1, 0.15) is 0 Å². The zero-order valence-corrected chi connectivity index (χ0v) is 12.4. The first-order valence-electron chi connectivity index (χ1n) is 1.82. The largest absolute Gasteiger partial charge is 2.00 e. The zero-order valence-electron chi connectivity index (χ0n) is 6.41. The summed E-state index contributed by atoms with van der Waals surface area (Å²) >= 11 is 0. The van der Waals surface area contributed by atoms with Crippen LogP contribution in [0.15, 0.2) is 0 Å². The normalized spacial score (nSPS) is 4.17. The molecule has 0 aliphatic rings. The van der Waals surface area contributed by atoms with Crippen LogP contribution in [0.1, 0.15) is 13.8 Å². The molecule has 0 aromatic rings. The van der Waals surface area contributed by atoms with E-state index < -0.39 is 11.9 Å². The van der Waals surface area contributed by atoms with Crippen LogP contribution in [0, 0.1) is 0 Å². The van der Waals surface area contributed by atoms with E-state index in [2.05, 4.69) is 0 Å². The van der Waals surface area contributed by atoms with Crippen LogP contribution in [0.25, 0.3) is 0 Å². The molecule has 0 unspecified atom stereocenters. The molecule has 0 rings (SSSR count). The van der Waals surface area contributed by atoms with E-state index >= 15 is 0 Å². The van der Waals surface area contributed by atoms with Crippen LogP contribution in [0.4, 0.5) is 0 Å². The number of carbonyl (C=O) groups excluding carboxylic acids is 2. The van der Waals surface area contributed by atoms with Gasteiger partial charge < -0.3 is 44.6 Å². The molecule has 0 aliphatic carbocycles. The summed E-state index contributed by atoms with van der Waals surface area (Å²) in [6, 6.07) is 0. The molecule has 0 amide bonds. The Kier molecular flexibility index (Phi) is 95.6. The van der Waals surface area contributed by atoms with Gasteiger partial charge in [0.25, 0.3) is 0 Å². The number of hydrogen-bond donors (Lipinski definition) is 0. The predicted octanol–water partition coefficient (Wildman–Crippen LogP) is -8.48. The molecule has 0 bridgehead atoms. The van der Waals surface area contributed by atoms with E-state index in [9.17, 15) is 0 Å². The first-order chi connectivity index (χ1) is 3.46. The van der Waals surface area contributed by atoms with E-state index in [4.69, 9.17) is 19.8 Å². The summed E-state index contributed by atoms with van der Waals surface area (Å²) < 4.78 is 0. The maximum absolute atomic E-state index is 8.89. The maximum Gasteiger partial charge on any atom is 2.00 e. The molecule has 0 saturated heterocycles. The van der Waals surface area contributed by atoms with E-state index in [-0.39, 0.29) is 64.7 Å². The molecule has 0 spiro atoms. The summed E-state index contributed by atoms with van der Waals surface area (Å²) in [6.45, 7) is 1.94. The minimum Gasteiger partial charge on any atom is -1.00 e. The molecule has 0 heterocycles. The topological polar surface area (TPSA) is 80.3 Å². The fourth-order valence-electron chi connectivity index (χ4n) is 0. The van der Waals surface area contributed by atoms with Gasteiger partial charge in [-0.1, -0.05) is 0 Å². The monoisotopic (exact) mass is 358 g/mol. The van der Waals surface area contributed by atoms with Gasteiger partial charge in [0.2, 0.25) is 0 Å². The number of carboxylic acids is 2. The van der Waals surface area contributed by atoms with Crippen LogP contribution in [0.3, 0.4) is 0 Å². The summed E-state index contributed by atoms with van der Waals surface area (Å²) in [4.78, 5) is 17.8. The van der Waals surface area contributed by atoms with Gasteiger partial charge in [-0.3, -0.25) is 0 Å². The van der Waals surface area contributed by atoms with Crippen molar-refractivity contribution in [2.75, 3.05) is 0 Å². The first-order valence-corrected chi connectivity index (χ1v) is 1.82. The van der Waals surface area contributed by atoms with Gasteiger partial charge in [-0.2, -0.15) is 0 Å². The van der Waals surface area contributed by atoms with Crippen LogP contribution in [0.5, 0.6) is 0 Å². The minimum absolute atomic E-state index is 0. The Morgan fingerprint density at radius 3 is 0.917 bits per heavy atom. The Labute approximate surface area is 110 Å². The fourth-order valence-corrected chi connectivity index (χ4v) is 0. The van der Waals surface area contributed by atoms with Crippen molar-refractivity contribution in [2.45, 2.75) is 13.8 Å². The second-order valence-corrected chi connectivity index (χ2v) is 0.983. The third-order valence-corrected chi connectivity index (χ3v) is 0. The Balaban J connectivity index is -0.0000000112. The standard InChI is InChI=1S/2C2H4O2.2ClH.Pd.Zn/c2*1-2(3)4;;;;/h2*1H3,(H,3,4);2*1H;;/q;;;;2*+2/p-4.